The third kappa shape index (κ3) is 3.16. The normalized spacial score (nSPS) is 27.9. The Labute approximate surface area is 165 Å². The van der Waals surface area contributed by atoms with Gasteiger partial charge >= 0.3 is 12.1 Å². The molecule has 7 heteroatoms. The van der Waals surface area contributed by atoms with E-state index < -0.39 is 6.09 Å². The summed E-state index contributed by atoms with van der Waals surface area (Å²) < 4.78 is 11.8. The van der Waals surface area contributed by atoms with Crippen molar-refractivity contribution < 1.29 is 24.2 Å². The molecule has 2 unspecified atom stereocenters. The molecule has 152 valence electrons. The number of hydrogen-bond donors (Lipinski definition) is 1. The van der Waals surface area contributed by atoms with Crippen molar-refractivity contribution in [3.8, 4) is 0 Å². The smallest absolute Gasteiger partial charge is 0.407 e. The monoisotopic (exact) mass is 388 g/mol. The minimum Gasteiger partial charge on any atom is -0.465 e. The standard InChI is InChI=1S/C21H28N2O5/c1-12-13(5-6-14-15(12)11-27-19(14)24)17-10-22-7-8-23(20(25)26)9-16(22)18(28-17)21(2,3)4/h5-6,16-18H,7-11H2,1-4H3,(H,25,26)/t16-,17?,18?/m0/s1. The first-order valence-corrected chi connectivity index (χ1v) is 9.83. The second kappa shape index (κ2) is 6.74. The Morgan fingerprint density at radius 2 is 1.96 bits per heavy atom. The second-order valence-corrected chi connectivity index (χ2v) is 9.08. The molecule has 4 rings (SSSR count). The van der Waals surface area contributed by atoms with E-state index in [1.165, 1.54) is 4.90 Å². The Bertz CT molecular complexity index is 816. The van der Waals surface area contributed by atoms with Gasteiger partial charge in [-0.3, -0.25) is 4.90 Å². The van der Waals surface area contributed by atoms with Crippen LogP contribution in [0.3, 0.4) is 0 Å². The van der Waals surface area contributed by atoms with Crippen LogP contribution in [0.15, 0.2) is 12.1 Å². The highest BCUT2D eigenvalue weighted by atomic mass is 16.5. The Morgan fingerprint density at radius 1 is 1.21 bits per heavy atom. The third-order valence-electron chi connectivity index (χ3n) is 6.27. The number of piperazine rings is 1. The van der Waals surface area contributed by atoms with Gasteiger partial charge in [0.15, 0.2) is 0 Å². The first-order chi connectivity index (χ1) is 13.2. The largest absolute Gasteiger partial charge is 0.465 e. The molecular weight excluding hydrogens is 360 g/mol. The van der Waals surface area contributed by atoms with Gasteiger partial charge < -0.3 is 19.5 Å². The molecule has 0 bridgehead atoms. The van der Waals surface area contributed by atoms with Crippen LogP contribution in [-0.4, -0.2) is 65.3 Å². The average Bonchev–Trinajstić information content (AvgIpc) is 3.01. The van der Waals surface area contributed by atoms with Crippen molar-refractivity contribution in [2.75, 3.05) is 26.2 Å². The molecule has 3 atom stereocenters. The van der Waals surface area contributed by atoms with Crippen LogP contribution in [0.4, 0.5) is 4.79 Å². The summed E-state index contributed by atoms with van der Waals surface area (Å²) in [5, 5.41) is 9.42. The molecular formula is C21H28N2O5. The molecule has 1 aromatic rings. The van der Waals surface area contributed by atoms with Gasteiger partial charge in [-0.25, -0.2) is 9.59 Å². The lowest BCUT2D eigenvalue weighted by Gasteiger charge is -2.53. The second-order valence-electron chi connectivity index (χ2n) is 9.08. The molecule has 3 aliphatic rings. The molecule has 3 aliphatic heterocycles. The lowest BCUT2D eigenvalue weighted by atomic mass is 9.81. The molecule has 1 N–H and O–H groups in total. The Kier molecular flexibility index (Phi) is 4.62. The highest BCUT2D eigenvalue weighted by molar-refractivity contribution is 5.93. The lowest BCUT2D eigenvalue weighted by molar-refractivity contribution is -0.173. The number of cyclic esters (lactones) is 1. The van der Waals surface area contributed by atoms with E-state index in [4.69, 9.17) is 9.47 Å². The highest BCUT2D eigenvalue weighted by Crippen LogP contribution is 2.40. The van der Waals surface area contributed by atoms with E-state index in [1.807, 2.05) is 19.1 Å². The minimum absolute atomic E-state index is 0.0424. The van der Waals surface area contributed by atoms with Crippen LogP contribution in [0.5, 0.6) is 0 Å². The van der Waals surface area contributed by atoms with Crippen LogP contribution in [0.1, 0.15) is 53.9 Å². The van der Waals surface area contributed by atoms with Crippen molar-refractivity contribution in [1.82, 2.24) is 9.80 Å². The van der Waals surface area contributed by atoms with Crippen LogP contribution in [0, 0.1) is 12.3 Å². The van der Waals surface area contributed by atoms with Gasteiger partial charge in [-0.1, -0.05) is 26.8 Å². The topological polar surface area (TPSA) is 79.3 Å². The van der Waals surface area contributed by atoms with Gasteiger partial charge in [0.05, 0.1) is 23.8 Å². The summed E-state index contributed by atoms with van der Waals surface area (Å²) in [7, 11) is 0. The van der Waals surface area contributed by atoms with Crippen molar-refractivity contribution in [3.05, 3.63) is 34.4 Å². The van der Waals surface area contributed by atoms with Gasteiger partial charge in [0.1, 0.15) is 6.61 Å². The highest BCUT2D eigenvalue weighted by Gasteiger charge is 2.46. The molecule has 0 aromatic heterocycles. The quantitative estimate of drug-likeness (QED) is 0.746. The fourth-order valence-corrected chi connectivity index (χ4v) is 4.73. The zero-order valence-electron chi connectivity index (χ0n) is 16.9. The maximum Gasteiger partial charge on any atom is 0.407 e. The number of esters is 1. The van der Waals surface area contributed by atoms with E-state index in [9.17, 15) is 14.7 Å². The number of rotatable bonds is 1. The van der Waals surface area contributed by atoms with Crippen molar-refractivity contribution in [1.29, 1.82) is 0 Å². The number of amides is 1. The summed E-state index contributed by atoms with van der Waals surface area (Å²) in [6, 6.07) is 3.87. The fraction of sp³-hybridized carbons (Fsp3) is 0.619. The summed E-state index contributed by atoms with van der Waals surface area (Å²) in [5.41, 5.74) is 3.62. The SMILES string of the molecule is Cc1c(C2CN3CCN(C(=O)O)C[C@H]3C(C(C)(C)C)O2)ccc2c1COC2=O. The predicted molar refractivity (Wildman–Crippen MR) is 102 cm³/mol. The molecule has 0 saturated carbocycles. The predicted octanol–water partition coefficient (Wildman–Crippen LogP) is 2.82. The molecule has 0 spiro atoms. The van der Waals surface area contributed by atoms with Crippen LogP contribution >= 0.6 is 0 Å². The lowest BCUT2D eigenvalue weighted by Crippen LogP contribution is -2.65. The maximum absolute atomic E-state index is 11.8. The van der Waals surface area contributed by atoms with Crippen LogP contribution in [-0.2, 0) is 16.1 Å². The van der Waals surface area contributed by atoms with Crippen molar-refractivity contribution in [2.45, 2.75) is 52.6 Å². The minimum atomic E-state index is -0.867. The zero-order valence-corrected chi connectivity index (χ0v) is 16.9. The average molecular weight is 388 g/mol. The number of carbonyl (C=O) groups is 2. The summed E-state index contributed by atoms with van der Waals surface area (Å²) >= 11 is 0. The van der Waals surface area contributed by atoms with E-state index in [-0.39, 0.29) is 29.6 Å². The number of fused-ring (bicyclic) bond motifs is 2. The van der Waals surface area contributed by atoms with E-state index in [0.29, 0.717) is 31.8 Å². The molecule has 2 saturated heterocycles. The van der Waals surface area contributed by atoms with Gasteiger partial charge in [-0.15, -0.1) is 0 Å². The summed E-state index contributed by atoms with van der Waals surface area (Å²) in [4.78, 5) is 27.2. The Balaban J connectivity index is 1.65. The Hall–Kier alpha value is -2.12. The molecule has 28 heavy (non-hydrogen) atoms. The third-order valence-corrected chi connectivity index (χ3v) is 6.27. The van der Waals surface area contributed by atoms with Crippen molar-refractivity contribution in [3.63, 3.8) is 0 Å². The molecule has 2 fully saturated rings. The molecule has 7 nitrogen and oxygen atoms in total. The van der Waals surface area contributed by atoms with E-state index >= 15 is 0 Å². The first-order valence-electron chi connectivity index (χ1n) is 9.83. The van der Waals surface area contributed by atoms with Gasteiger partial charge in [0, 0.05) is 31.7 Å². The van der Waals surface area contributed by atoms with Gasteiger partial charge in [-0.2, -0.15) is 0 Å². The van der Waals surface area contributed by atoms with Gasteiger partial charge in [0.2, 0.25) is 0 Å². The van der Waals surface area contributed by atoms with E-state index in [1.54, 1.807) is 0 Å². The molecule has 0 aliphatic carbocycles. The summed E-state index contributed by atoms with van der Waals surface area (Å²) in [6.07, 6.45) is -1.08. The number of nitrogens with zero attached hydrogens (tertiary/aromatic N) is 2. The van der Waals surface area contributed by atoms with Gasteiger partial charge in [0.25, 0.3) is 0 Å². The van der Waals surface area contributed by atoms with E-state index in [0.717, 1.165) is 23.2 Å². The number of benzene rings is 1. The molecule has 0 radical (unpaired) electrons. The molecule has 3 heterocycles. The van der Waals surface area contributed by atoms with Crippen molar-refractivity contribution in [2.24, 2.45) is 5.41 Å². The Morgan fingerprint density at radius 3 is 2.64 bits per heavy atom. The number of carbonyl (C=O) groups excluding carboxylic acids is 1. The first kappa shape index (κ1) is 19.2. The summed E-state index contributed by atoms with van der Waals surface area (Å²) in [6.45, 7) is 11.2. The number of hydrogen-bond acceptors (Lipinski definition) is 5. The number of morpholine rings is 1. The summed E-state index contributed by atoms with van der Waals surface area (Å²) in [5.74, 6) is -0.258. The van der Waals surface area contributed by atoms with Crippen LogP contribution < -0.4 is 0 Å². The fourth-order valence-electron chi connectivity index (χ4n) is 4.73. The zero-order chi connectivity index (χ0) is 20.2. The van der Waals surface area contributed by atoms with Gasteiger partial charge in [-0.05, 0) is 29.5 Å². The van der Waals surface area contributed by atoms with Crippen LogP contribution in [0.25, 0.3) is 0 Å². The molecule has 1 amide bonds. The number of ether oxygens (including phenoxy) is 2. The van der Waals surface area contributed by atoms with E-state index in [2.05, 4.69) is 25.7 Å². The van der Waals surface area contributed by atoms with Crippen molar-refractivity contribution >= 4 is 12.1 Å². The number of carboxylic acid groups (broad SMARTS) is 1. The molecule has 1 aromatic carbocycles. The van der Waals surface area contributed by atoms with Crippen LogP contribution in [0.2, 0.25) is 0 Å². The maximum atomic E-state index is 11.8.